The monoisotopic (exact) mass is 520 g/mol. The number of aryl methyl sites for hydroxylation is 2. The summed E-state index contributed by atoms with van der Waals surface area (Å²) in [5.74, 6) is 1.59. The Labute approximate surface area is 219 Å². The van der Waals surface area contributed by atoms with E-state index in [0.717, 1.165) is 48.9 Å². The topological polar surface area (TPSA) is 128 Å². The highest BCUT2D eigenvalue weighted by Gasteiger charge is 2.34. The highest BCUT2D eigenvalue weighted by atomic mass is 32.1. The smallest absolute Gasteiger partial charge is 0.277 e. The Morgan fingerprint density at radius 3 is 2.81 bits per heavy atom. The number of H-pyrrole nitrogens is 1. The number of amides is 1. The molecule has 0 unspecified atom stereocenters. The second kappa shape index (κ2) is 10.4. The number of nitrogens with zero attached hydrogens (tertiary/aromatic N) is 3. The van der Waals surface area contributed by atoms with E-state index in [4.69, 9.17) is 15.5 Å². The highest BCUT2D eigenvalue weighted by molar-refractivity contribution is 7.09. The average molecular weight is 521 g/mol. The number of ether oxygens (including phenoxy) is 1. The molecule has 37 heavy (non-hydrogen) atoms. The second-order valence-corrected chi connectivity index (χ2v) is 10.4. The van der Waals surface area contributed by atoms with Crippen LogP contribution in [0.2, 0.25) is 0 Å². The van der Waals surface area contributed by atoms with E-state index >= 15 is 0 Å². The van der Waals surface area contributed by atoms with Gasteiger partial charge in [-0.2, -0.15) is 5.10 Å². The van der Waals surface area contributed by atoms with Crippen molar-refractivity contribution in [3.8, 4) is 17.1 Å². The molecule has 0 saturated heterocycles. The van der Waals surface area contributed by atoms with Crippen molar-refractivity contribution in [1.82, 2.24) is 19.7 Å². The molecule has 0 bridgehead atoms. The number of nitrogens with two attached hydrogens (primary N) is 1. The van der Waals surface area contributed by atoms with Gasteiger partial charge in [-0.25, -0.2) is 4.98 Å². The van der Waals surface area contributed by atoms with Crippen LogP contribution in [0.1, 0.15) is 44.4 Å². The molecular weight excluding hydrogens is 488 g/mol. The molecule has 9 nitrogen and oxygen atoms in total. The quantitative estimate of drug-likeness (QED) is 0.298. The first-order valence-corrected chi connectivity index (χ1v) is 13.7. The van der Waals surface area contributed by atoms with Crippen molar-refractivity contribution in [1.29, 1.82) is 0 Å². The number of nitrogen functional groups attached to an aromatic ring is 1. The molecule has 10 heteroatoms. The Kier molecular flexibility index (Phi) is 7.01. The molecule has 0 radical (unpaired) electrons. The number of anilines is 2. The molecule has 3 aromatic heterocycles. The van der Waals surface area contributed by atoms with Gasteiger partial charge < -0.3 is 20.8 Å². The van der Waals surface area contributed by atoms with Crippen LogP contribution in [0.4, 0.5) is 11.4 Å². The molecule has 1 aromatic carbocycles. The lowest BCUT2D eigenvalue weighted by Crippen LogP contribution is -2.35. The highest BCUT2D eigenvalue weighted by Crippen LogP contribution is 2.39. The van der Waals surface area contributed by atoms with Crippen molar-refractivity contribution < 1.29 is 9.53 Å². The minimum absolute atomic E-state index is 0.00513. The lowest BCUT2D eigenvalue weighted by atomic mass is 9.71. The van der Waals surface area contributed by atoms with Gasteiger partial charge in [-0.05, 0) is 56.2 Å². The van der Waals surface area contributed by atoms with E-state index in [1.165, 1.54) is 11.3 Å². The molecule has 1 aliphatic rings. The number of fused-ring (bicyclic) bond motifs is 1. The maximum absolute atomic E-state index is 13.0. The van der Waals surface area contributed by atoms with Crippen molar-refractivity contribution in [3.05, 3.63) is 50.6 Å². The number of aromatic amines is 1. The third-order valence-electron chi connectivity index (χ3n) is 6.93. The first-order valence-electron chi connectivity index (χ1n) is 12.7. The summed E-state index contributed by atoms with van der Waals surface area (Å²) in [5, 5.41) is 11.1. The number of hydrogen-bond donors (Lipinski definition) is 3. The predicted molar refractivity (Wildman–Crippen MR) is 147 cm³/mol. The zero-order valence-electron chi connectivity index (χ0n) is 21.3. The van der Waals surface area contributed by atoms with Gasteiger partial charge in [0.15, 0.2) is 5.52 Å². The van der Waals surface area contributed by atoms with Gasteiger partial charge in [-0.1, -0.05) is 19.4 Å². The number of rotatable bonds is 9. The SMILES string of the molecule is CCCc1nn(C)c2c(=O)[nH]c(-c3cc(CC4CC(C(=O)Nc5cscc5N)C4)ccc3OCC)nc12. The van der Waals surface area contributed by atoms with E-state index in [-0.39, 0.29) is 17.4 Å². The summed E-state index contributed by atoms with van der Waals surface area (Å²) < 4.78 is 7.49. The fourth-order valence-electron chi connectivity index (χ4n) is 5.04. The van der Waals surface area contributed by atoms with Gasteiger partial charge in [0.2, 0.25) is 5.91 Å². The third-order valence-corrected chi connectivity index (χ3v) is 7.69. The number of carbonyl (C=O) groups excluding carboxylic acids is 1. The minimum atomic E-state index is -0.218. The van der Waals surface area contributed by atoms with E-state index in [1.54, 1.807) is 11.7 Å². The summed E-state index contributed by atoms with van der Waals surface area (Å²) in [4.78, 5) is 33.4. The van der Waals surface area contributed by atoms with Crippen molar-refractivity contribution in [2.75, 3.05) is 17.7 Å². The lowest BCUT2D eigenvalue weighted by molar-refractivity contribution is -0.123. The number of nitrogens with one attached hydrogen (secondary N) is 2. The van der Waals surface area contributed by atoms with Crippen LogP contribution in [0.15, 0.2) is 33.8 Å². The van der Waals surface area contributed by atoms with Gasteiger partial charge in [0, 0.05) is 23.7 Å². The average Bonchev–Trinajstić information content (AvgIpc) is 3.39. The van der Waals surface area contributed by atoms with Crippen LogP contribution in [0.25, 0.3) is 22.4 Å². The molecule has 0 atom stereocenters. The van der Waals surface area contributed by atoms with Crippen LogP contribution in [0, 0.1) is 11.8 Å². The Hall–Kier alpha value is -3.66. The van der Waals surface area contributed by atoms with Crippen molar-refractivity contribution >= 4 is 39.7 Å². The second-order valence-electron chi connectivity index (χ2n) is 9.66. The van der Waals surface area contributed by atoms with E-state index in [0.29, 0.717) is 46.5 Å². The number of benzene rings is 1. The summed E-state index contributed by atoms with van der Waals surface area (Å²) >= 11 is 1.48. The maximum atomic E-state index is 13.0. The summed E-state index contributed by atoms with van der Waals surface area (Å²) in [6, 6.07) is 6.04. The van der Waals surface area contributed by atoms with Crippen molar-refractivity contribution in [2.45, 2.75) is 46.0 Å². The summed E-state index contributed by atoms with van der Waals surface area (Å²) in [5.41, 5.74) is 10.8. The fourth-order valence-corrected chi connectivity index (χ4v) is 5.72. The Morgan fingerprint density at radius 1 is 1.30 bits per heavy atom. The standard InChI is InChI=1S/C27H32N6O3S/c1-4-6-20-23-24(33(3)32-20)27(35)31-25(30-23)18-12-15(7-8-22(18)36-5-2)9-16-10-17(11-16)26(34)29-21-14-37-13-19(21)28/h7-8,12-14,16-17H,4-6,9-11,28H2,1-3H3,(H,29,34)(H,30,31,35). The van der Waals surface area contributed by atoms with Crippen LogP contribution in [-0.4, -0.2) is 32.3 Å². The molecule has 1 aliphatic carbocycles. The number of carbonyl (C=O) groups is 1. The van der Waals surface area contributed by atoms with Crippen molar-refractivity contribution in [3.63, 3.8) is 0 Å². The van der Waals surface area contributed by atoms with Gasteiger partial charge in [-0.3, -0.25) is 14.3 Å². The summed E-state index contributed by atoms with van der Waals surface area (Å²) in [7, 11) is 1.77. The Balaban J connectivity index is 1.36. The molecule has 1 saturated carbocycles. The fraction of sp³-hybridized carbons (Fsp3) is 0.407. The molecule has 1 amide bonds. The lowest BCUT2D eigenvalue weighted by Gasteiger charge is -2.34. The maximum Gasteiger partial charge on any atom is 0.277 e. The van der Waals surface area contributed by atoms with Gasteiger partial charge in [0.25, 0.3) is 5.56 Å². The number of hydrogen-bond acceptors (Lipinski definition) is 7. The Bertz CT molecular complexity index is 1500. The molecule has 1 fully saturated rings. The zero-order valence-corrected chi connectivity index (χ0v) is 22.2. The molecule has 4 N–H and O–H groups in total. The first-order chi connectivity index (χ1) is 17.9. The van der Waals surface area contributed by atoms with E-state index in [9.17, 15) is 9.59 Å². The van der Waals surface area contributed by atoms with E-state index in [1.807, 2.05) is 29.8 Å². The molecule has 0 spiro atoms. The number of aromatic nitrogens is 4. The van der Waals surface area contributed by atoms with E-state index < -0.39 is 0 Å². The summed E-state index contributed by atoms with van der Waals surface area (Å²) in [6.45, 7) is 4.51. The zero-order chi connectivity index (χ0) is 26.1. The van der Waals surface area contributed by atoms with Crippen LogP contribution in [-0.2, 0) is 24.7 Å². The predicted octanol–water partition coefficient (Wildman–Crippen LogP) is 4.53. The van der Waals surface area contributed by atoms with Crippen LogP contribution in [0.3, 0.4) is 0 Å². The van der Waals surface area contributed by atoms with Crippen LogP contribution in [0.5, 0.6) is 5.75 Å². The molecule has 194 valence electrons. The molecule has 4 aromatic rings. The van der Waals surface area contributed by atoms with Gasteiger partial charge in [0.1, 0.15) is 17.1 Å². The largest absolute Gasteiger partial charge is 0.493 e. The first kappa shape index (κ1) is 25.0. The molecule has 0 aliphatic heterocycles. The van der Waals surface area contributed by atoms with Gasteiger partial charge in [-0.15, -0.1) is 11.3 Å². The van der Waals surface area contributed by atoms with Crippen LogP contribution < -0.4 is 21.3 Å². The number of thiophene rings is 1. The van der Waals surface area contributed by atoms with Gasteiger partial charge >= 0.3 is 0 Å². The molecule has 3 heterocycles. The Morgan fingerprint density at radius 2 is 2.11 bits per heavy atom. The van der Waals surface area contributed by atoms with E-state index in [2.05, 4.69) is 28.4 Å². The third kappa shape index (κ3) is 4.98. The minimum Gasteiger partial charge on any atom is -0.493 e. The van der Waals surface area contributed by atoms with Crippen molar-refractivity contribution in [2.24, 2.45) is 18.9 Å². The molecule has 5 rings (SSSR count). The normalized spacial score (nSPS) is 17.1. The summed E-state index contributed by atoms with van der Waals surface area (Å²) in [6.07, 6.45) is 4.16. The molecular formula is C27H32N6O3S. The van der Waals surface area contributed by atoms with Gasteiger partial charge in [0.05, 0.1) is 29.2 Å². The van der Waals surface area contributed by atoms with Crippen LogP contribution >= 0.6 is 11.3 Å².